The van der Waals surface area contributed by atoms with Gasteiger partial charge in [0.05, 0.1) is 11.4 Å². The van der Waals surface area contributed by atoms with Crippen LogP contribution in [0.3, 0.4) is 0 Å². The van der Waals surface area contributed by atoms with Crippen molar-refractivity contribution < 1.29 is 19.1 Å². The minimum Gasteiger partial charge on any atom is -0.424 e. The van der Waals surface area contributed by atoms with Gasteiger partial charge >= 0.3 is 11.9 Å². The predicted octanol–water partition coefficient (Wildman–Crippen LogP) is 8.38. The molecule has 0 fully saturated rings. The van der Waals surface area contributed by atoms with Crippen molar-refractivity contribution in [3.8, 4) is 11.5 Å². The number of ether oxygens (including phenoxy) is 2. The number of nitrogens with two attached hydrogens (primary N) is 2. The van der Waals surface area contributed by atoms with E-state index < -0.39 is 0 Å². The molecule has 0 unspecified atom stereocenters. The van der Waals surface area contributed by atoms with E-state index >= 15 is 0 Å². The summed E-state index contributed by atoms with van der Waals surface area (Å²) in [7, 11) is 0. The molecule has 0 amide bonds. The monoisotopic (exact) mass is 524 g/mol. The molecular formula is C32H48N2O4. The molecule has 210 valence electrons. The van der Waals surface area contributed by atoms with Gasteiger partial charge < -0.3 is 20.9 Å². The average Bonchev–Trinajstić information content (AvgIpc) is 2.90. The highest BCUT2D eigenvalue weighted by atomic mass is 16.5. The third-order valence-corrected chi connectivity index (χ3v) is 6.80. The summed E-state index contributed by atoms with van der Waals surface area (Å²) in [5, 5.41) is 0. The molecule has 0 radical (unpaired) electrons. The first-order valence-corrected chi connectivity index (χ1v) is 14.7. The Morgan fingerprint density at radius 1 is 0.447 bits per heavy atom. The Balaban J connectivity index is 1.27. The number of carbonyl (C=O) groups excluding carboxylic acids is 2. The fraction of sp³-hybridized carbons (Fsp3) is 0.562. The van der Waals surface area contributed by atoms with Gasteiger partial charge in [-0.1, -0.05) is 114 Å². The van der Waals surface area contributed by atoms with Crippen LogP contribution in [0.4, 0.5) is 11.4 Å². The van der Waals surface area contributed by atoms with Gasteiger partial charge in [0, 0.05) is 12.8 Å². The zero-order valence-corrected chi connectivity index (χ0v) is 23.1. The first kappa shape index (κ1) is 31.2. The van der Waals surface area contributed by atoms with Crippen LogP contribution < -0.4 is 20.9 Å². The van der Waals surface area contributed by atoms with Crippen LogP contribution in [0, 0.1) is 0 Å². The van der Waals surface area contributed by atoms with Crippen molar-refractivity contribution in [3.05, 3.63) is 48.5 Å². The Morgan fingerprint density at radius 2 is 0.711 bits per heavy atom. The smallest absolute Gasteiger partial charge is 0.311 e. The van der Waals surface area contributed by atoms with Crippen molar-refractivity contribution in [2.24, 2.45) is 0 Å². The molecule has 38 heavy (non-hydrogen) atoms. The lowest BCUT2D eigenvalue weighted by atomic mass is 10.0. The van der Waals surface area contributed by atoms with Crippen molar-refractivity contribution in [2.75, 3.05) is 11.5 Å². The van der Waals surface area contributed by atoms with Crippen molar-refractivity contribution in [1.82, 2.24) is 0 Å². The molecule has 0 saturated carbocycles. The summed E-state index contributed by atoms with van der Waals surface area (Å²) in [5.74, 6) is 0.519. The van der Waals surface area contributed by atoms with E-state index in [1.54, 1.807) is 24.3 Å². The predicted molar refractivity (Wildman–Crippen MR) is 156 cm³/mol. The topological polar surface area (TPSA) is 105 Å². The van der Waals surface area contributed by atoms with E-state index in [0.717, 1.165) is 25.7 Å². The second kappa shape index (κ2) is 20.0. The molecule has 0 spiro atoms. The molecule has 2 rings (SSSR count). The standard InChI is InChI=1S/C32H48N2O4/c33-27-21-17-19-23-29(27)37-31(35)25-15-13-11-9-7-5-3-1-2-4-6-8-10-12-14-16-26-32(36)38-30-24-20-18-22-28(30)34/h17-24H,1-16,25-26,33-34H2. The maximum Gasteiger partial charge on any atom is 0.311 e. The van der Waals surface area contributed by atoms with Gasteiger partial charge in [0.15, 0.2) is 11.5 Å². The number of para-hydroxylation sites is 4. The largest absolute Gasteiger partial charge is 0.424 e. The molecule has 0 atom stereocenters. The Morgan fingerprint density at radius 3 is 1.00 bits per heavy atom. The maximum absolute atomic E-state index is 11.9. The van der Waals surface area contributed by atoms with Crippen LogP contribution in [-0.2, 0) is 9.59 Å². The normalized spacial score (nSPS) is 10.8. The van der Waals surface area contributed by atoms with Gasteiger partial charge in [-0.25, -0.2) is 0 Å². The molecule has 0 heterocycles. The Kier molecular flexibility index (Phi) is 16.4. The number of nitrogen functional groups attached to an aromatic ring is 2. The molecular weight excluding hydrogens is 476 g/mol. The van der Waals surface area contributed by atoms with Crippen LogP contribution in [0.2, 0.25) is 0 Å². The quantitative estimate of drug-likeness (QED) is 0.0735. The highest BCUT2D eigenvalue weighted by Gasteiger charge is 2.08. The summed E-state index contributed by atoms with van der Waals surface area (Å²) >= 11 is 0. The number of hydrogen-bond acceptors (Lipinski definition) is 6. The average molecular weight is 525 g/mol. The van der Waals surface area contributed by atoms with E-state index in [-0.39, 0.29) is 11.9 Å². The molecule has 6 heteroatoms. The number of unbranched alkanes of at least 4 members (excludes halogenated alkanes) is 15. The molecule has 4 N–H and O–H groups in total. The highest BCUT2D eigenvalue weighted by Crippen LogP contribution is 2.22. The zero-order chi connectivity index (χ0) is 27.3. The lowest BCUT2D eigenvalue weighted by molar-refractivity contribution is -0.135. The molecule has 0 aliphatic carbocycles. The van der Waals surface area contributed by atoms with Crippen LogP contribution in [0.5, 0.6) is 11.5 Å². The van der Waals surface area contributed by atoms with E-state index in [4.69, 9.17) is 20.9 Å². The molecule has 0 aromatic heterocycles. The number of benzene rings is 2. The molecule has 2 aromatic carbocycles. The summed E-state index contributed by atoms with van der Waals surface area (Å²) in [4.78, 5) is 23.8. The zero-order valence-electron chi connectivity index (χ0n) is 23.1. The Bertz CT molecular complexity index is 856. The van der Waals surface area contributed by atoms with Crippen molar-refractivity contribution in [3.63, 3.8) is 0 Å². The van der Waals surface area contributed by atoms with Gasteiger partial charge in [-0.3, -0.25) is 9.59 Å². The SMILES string of the molecule is Nc1ccccc1OC(=O)CCCCCCCCCCCCCCCCCCC(=O)Oc1ccccc1N. The van der Waals surface area contributed by atoms with Crippen molar-refractivity contribution >= 4 is 23.3 Å². The van der Waals surface area contributed by atoms with E-state index in [1.807, 2.05) is 24.3 Å². The third-order valence-electron chi connectivity index (χ3n) is 6.80. The van der Waals surface area contributed by atoms with Gasteiger partial charge in [-0.2, -0.15) is 0 Å². The van der Waals surface area contributed by atoms with Gasteiger partial charge in [-0.15, -0.1) is 0 Å². The highest BCUT2D eigenvalue weighted by molar-refractivity contribution is 5.75. The van der Waals surface area contributed by atoms with Crippen LogP contribution >= 0.6 is 0 Å². The maximum atomic E-state index is 11.9. The van der Waals surface area contributed by atoms with E-state index in [2.05, 4.69) is 0 Å². The van der Waals surface area contributed by atoms with Crippen LogP contribution in [0.1, 0.15) is 116 Å². The summed E-state index contributed by atoms with van der Waals surface area (Å²) in [6.45, 7) is 0. The number of hydrogen-bond donors (Lipinski definition) is 2. The van der Waals surface area contributed by atoms with Gasteiger partial charge in [0.1, 0.15) is 0 Å². The van der Waals surface area contributed by atoms with Crippen LogP contribution in [-0.4, -0.2) is 11.9 Å². The second-order valence-electron chi connectivity index (χ2n) is 10.2. The van der Waals surface area contributed by atoms with Gasteiger partial charge in [-0.05, 0) is 37.1 Å². The molecule has 0 bridgehead atoms. The van der Waals surface area contributed by atoms with Gasteiger partial charge in [0.25, 0.3) is 0 Å². The number of anilines is 2. The van der Waals surface area contributed by atoms with Gasteiger partial charge in [0.2, 0.25) is 0 Å². The minimum atomic E-state index is -0.199. The molecule has 0 aliphatic rings. The summed E-state index contributed by atoms with van der Waals surface area (Å²) in [5.41, 5.74) is 12.6. The lowest BCUT2D eigenvalue weighted by Gasteiger charge is -2.07. The first-order valence-electron chi connectivity index (χ1n) is 14.7. The fourth-order valence-electron chi connectivity index (χ4n) is 4.51. The number of esters is 2. The lowest BCUT2D eigenvalue weighted by Crippen LogP contribution is -2.08. The van der Waals surface area contributed by atoms with E-state index in [1.165, 1.54) is 77.0 Å². The summed E-state index contributed by atoms with van der Waals surface area (Å²) in [6.07, 6.45) is 20.2. The van der Waals surface area contributed by atoms with E-state index in [9.17, 15) is 9.59 Å². The summed E-state index contributed by atoms with van der Waals surface area (Å²) in [6, 6.07) is 14.2. The second-order valence-corrected chi connectivity index (χ2v) is 10.2. The minimum absolute atomic E-state index is 0.199. The van der Waals surface area contributed by atoms with Crippen molar-refractivity contribution in [2.45, 2.75) is 116 Å². The Labute approximate surface area is 229 Å². The molecule has 0 aliphatic heterocycles. The molecule has 2 aromatic rings. The summed E-state index contributed by atoms with van der Waals surface area (Å²) < 4.78 is 10.6. The number of carbonyl (C=O) groups is 2. The number of rotatable bonds is 21. The molecule has 6 nitrogen and oxygen atoms in total. The third kappa shape index (κ3) is 14.7. The Hall–Kier alpha value is -3.02. The molecule has 0 saturated heterocycles. The van der Waals surface area contributed by atoms with Crippen molar-refractivity contribution in [1.29, 1.82) is 0 Å². The fourth-order valence-corrected chi connectivity index (χ4v) is 4.51. The van der Waals surface area contributed by atoms with E-state index in [0.29, 0.717) is 35.7 Å². The first-order chi connectivity index (χ1) is 18.6. The van der Waals surface area contributed by atoms with Crippen LogP contribution in [0.15, 0.2) is 48.5 Å². The van der Waals surface area contributed by atoms with Crippen LogP contribution in [0.25, 0.3) is 0 Å².